The van der Waals surface area contributed by atoms with Crippen molar-refractivity contribution in [2.24, 2.45) is 0 Å². The Hall–Kier alpha value is -0.570. The van der Waals surface area contributed by atoms with Crippen LogP contribution in [0.3, 0.4) is 0 Å². The number of aryl methyl sites for hydroxylation is 1. The lowest BCUT2D eigenvalue weighted by Crippen LogP contribution is -2.29. The maximum absolute atomic E-state index is 12.2. The molecule has 0 aliphatic heterocycles. The van der Waals surface area contributed by atoms with Gasteiger partial charge in [-0.2, -0.15) is 0 Å². The highest BCUT2D eigenvalue weighted by molar-refractivity contribution is 9.10. The number of benzene rings is 1. The maximum Gasteiger partial charge on any atom is 0.251 e. The van der Waals surface area contributed by atoms with Crippen molar-refractivity contribution in [3.05, 3.63) is 27.7 Å². The normalized spacial score (nSPS) is 12.1. The lowest BCUT2D eigenvalue weighted by atomic mass is 10.1. The molecule has 0 aliphatic carbocycles. The van der Waals surface area contributed by atoms with Gasteiger partial charge in [0.15, 0.2) is 0 Å². The predicted molar refractivity (Wildman–Crippen MR) is 82.1 cm³/mol. The molecule has 0 saturated carbocycles. The lowest BCUT2D eigenvalue weighted by Gasteiger charge is -2.13. The second kappa shape index (κ2) is 8.17. The van der Waals surface area contributed by atoms with E-state index >= 15 is 0 Å². The van der Waals surface area contributed by atoms with Gasteiger partial charge in [-0.25, -0.2) is 21.9 Å². The summed E-state index contributed by atoms with van der Waals surface area (Å²) in [7, 11) is -3.97. The van der Waals surface area contributed by atoms with Gasteiger partial charge in [0.1, 0.15) is 0 Å². The number of alkyl halides is 2. The fourth-order valence-electron chi connectivity index (χ4n) is 1.77. The molecule has 4 nitrogen and oxygen atoms in total. The van der Waals surface area contributed by atoms with Crippen LogP contribution in [0.15, 0.2) is 21.5 Å². The molecule has 0 radical (unpaired) electrons. The third kappa shape index (κ3) is 5.61. The van der Waals surface area contributed by atoms with E-state index < -0.39 is 23.0 Å². The summed E-state index contributed by atoms with van der Waals surface area (Å²) in [5.74, 6) is 0. The smallest absolute Gasteiger partial charge is 0.251 e. The molecule has 1 rings (SSSR count). The van der Waals surface area contributed by atoms with Gasteiger partial charge in [-0.3, -0.25) is 0 Å². The molecule has 1 aromatic rings. The van der Waals surface area contributed by atoms with Gasteiger partial charge >= 0.3 is 0 Å². The van der Waals surface area contributed by atoms with E-state index in [9.17, 15) is 17.2 Å². The SMILES string of the molecule is CCCNCc1cc(C)c(Br)c(S(=O)(=O)NCC(F)F)c1. The average molecular weight is 385 g/mol. The highest BCUT2D eigenvalue weighted by Crippen LogP contribution is 2.27. The fraction of sp³-hybridized carbons (Fsp3) is 0.538. The third-order valence-corrected chi connectivity index (χ3v) is 5.52. The maximum atomic E-state index is 12.2. The quantitative estimate of drug-likeness (QED) is 0.677. The highest BCUT2D eigenvalue weighted by atomic mass is 79.9. The summed E-state index contributed by atoms with van der Waals surface area (Å²) in [4.78, 5) is -0.0172. The molecule has 0 unspecified atom stereocenters. The molecule has 0 amide bonds. The van der Waals surface area contributed by atoms with Crippen LogP contribution in [0.2, 0.25) is 0 Å². The lowest BCUT2D eigenvalue weighted by molar-refractivity contribution is 0.153. The summed E-state index contributed by atoms with van der Waals surface area (Å²) >= 11 is 3.21. The van der Waals surface area contributed by atoms with E-state index in [1.165, 1.54) is 6.07 Å². The first-order chi connectivity index (χ1) is 9.77. The van der Waals surface area contributed by atoms with Gasteiger partial charge in [-0.15, -0.1) is 0 Å². The van der Waals surface area contributed by atoms with Crippen molar-refractivity contribution >= 4 is 26.0 Å². The summed E-state index contributed by atoms with van der Waals surface area (Å²) in [5.41, 5.74) is 1.53. The highest BCUT2D eigenvalue weighted by Gasteiger charge is 2.21. The van der Waals surface area contributed by atoms with Crippen LogP contribution in [-0.2, 0) is 16.6 Å². The first-order valence-electron chi connectivity index (χ1n) is 6.55. The van der Waals surface area contributed by atoms with Gasteiger partial charge in [0, 0.05) is 11.0 Å². The molecule has 21 heavy (non-hydrogen) atoms. The molecule has 0 atom stereocenters. The molecule has 2 N–H and O–H groups in total. The van der Waals surface area contributed by atoms with Crippen molar-refractivity contribution in [1.82, 2.24) is 10.0 Å². The monoisotopic (exact) mass is 384 g/mol. The Morgan fingerprint density at radius 1 is 1.33 bits per heavy atom. The van der Waals surface area contributed by atoms with E-state index in [4.69, 9.17) is 0 Å². The molecule has 0 bridgehead atoms. The van der Waals surface area contributed by atoms with Crippen LogP contribution in [0, 0.1) is 6.92 Å². The van der Waals surface area contributed by atoms with Crippen LogP contribution in [0.25, 0.3) is 0 Å². The molecule has 0 fully saturated rings. The van der Waals surface area contributed by atoms with E-state index in [0.29, 0.717) is 11.0 Å². The number of halogens is 3. The van der Waals surface area contributed by atoms with Gasteiger partial charge in [0.25, 0.3) is 6.43 Å². The molecule has 8 heteroatoms. The van der Waals surface area contributed by atoms with Crippen molar-refractivity contribution in [1.29, 1.82) is 0 Å². The van der Waals surface area contributed by atoms with E-state index in [-0.39, 0.29) is 4.90 Å². The largest absolute Gasteiger partial charge is 0.313 e. The Morgan fingerprint density at radius 3 is 2.57 bits per heavy atom. The van der Waals surface area contributed by atoms with Gasteiger partial charge in [-0.05, 0) is 53.0 Å². The van der Waals surface area contributed by atoms with Crippen molar-refractivity contribution in [2.75, 3.05) is 13.1 Å². The standard InChI is InChI=1S/C13H19BrF2N2O2S/c1-3-4-17-7-10-5-9(2)13(14)11(6-10)21(19,20)18-8-12(15)16/h5-6,12,17-18H,3-4,7-8H2,1-2H3. The Kier molecular flexibility index (Phi) is 7.19. The van der Waals surface area contributed by atoms with Crippen molar-refractivity contribution in [3.8, 4) is 0 Å². The zero-order chi connectivity index (χ0) is 16.0. The summed E-state index contributed by atoms with van der Waals surface area (Å²) in [6, 6.07) is 3.35. The fourth-order valence-corrected chi connectivity index (χ4v) is 3.84. The molecular weight excluding hydrogens is 366 g/mol. The van der Waals surface area contributed by atoms with Crippen LogP contribution in [-0.4, -0.2) is 27.9 Å². The number of nitrogens with one attached hydrogen (secondary N) is 2. The van der Waals surface area contributed by atoms with E-state index in [1.807, 2.05) is 17.7 Å². The Labute approximate surface area is 132 Å². The van der Waals surface area contributed by atoms with Crippen LogP contribution >= 0.6 is 15.9 Å². The molecule has 1 aromatic carbocycles. The summed E-state index contributed by atoms with van der Waals surface area (Å²) in [6.45, 7) is 4.25. The summed E-state index contributed by atoms with van der Waals surface area (Å²) < 4.78 is 50.9. The molecule has 0 spiro atoms. The Balaban J connectivity index is 3.04. The van der Waals surface area contributed by atoms with Crippen molar-refractivity contribution < 1.29 is 17.2 Å². The topological polar surface area (TPSA) is 58.2 Å². The number of sulfonamides is 1. The van der Waals surface area contributed by atoms with E-state index in [1.54, 1.807) is 6.92 Å². The minimum Gasteiger partial charge on any atom is -0.313 e. The number of rotatable bonds is 8. The van der Waals surface area contributed by atoms with Crippen LogP contribution < -0.4 is 10.0 Å². The molecule has 0 aliphatic rings. The van der Waals surface area contributed by atoms with E-state index in [2.05, 4.69) is 21.2 Å². The minimum atomic E-state index is -3.97. The third-order valence-electron chi connectivity index (χ3n) is 2.75. The minimum absolute atomic E-state index is 0.0172. The Bertz CT molecular complexity index is 580. The molecule has 0 heterocycles. The van der Waals surface area contributed by atoms with Crippen LogP contribution in [0.4, 0.5) is 8.78 Å². The van der Waals surface area contributed by atoms with Crippen LogP contribution in [0.1, 0.15) is 24.5 Å². The van der Waals surface area contributed by atoms with Gasteiger partial charge in [0.2, 0.25) is 10.0 Å². The number of hydrogen-bond acceptors (Lipinski definition) is 3. The predicted octanol–water partition coefficient (Wildman–Crippen LogP) is 2.80. The van der Waals surface area contributed by atoms with Gasteiger partial charge < -0.3 is 5.32 Å². The molecule has 0 saturated heterocycles. The van der Waals surface area contributed by atoms with Gasteiger partial charge in [0.05, 0.1) is 11.4 Å². The first-order valence-corrected chi connectivity index (χ1v) is 8.83. The zero-order valence-electron chi connectivity index (χ0n) is 11.9. The van der Waals surface area contributed by atoms with E-state index in [0.717, 1.165) is 24.1 Å². The molecular formula is C13H19BrF2N2O2S. The van der Waals surface area contributed by atoms with Crippen LogP contribution in [0.5, 0.6) is 0 Å². The zero-order valence-corrected chi connectivity index (χ0v) is 14.3. The average Bonchev–Trinajstić information content (AvgIpc) is 2.40. The first kappa shape index (κ1) is 18.5. The molecule has 0 aromatic heterocycles. The summed E-state index contributed by atoms with van der Waals surface area (Å²) in [5, 5.41) is 3.18. The van der Waals surface area contributed by atoms with Crippen molar-refractivity contribution in [2.45, 2.75) is 38.1 Å². The Morgan fingerprint density at radius 2 is 2.00 bits per heavy atom. The second-order valence-electron chi connectivity index (χ2n) is 4.64. The number of hydrogen-bond donors (Lipinski definition) is 2. The molecule has 120 valence electrons. The van der Waals surface area contributed by atoms with Gasteiger partial charge in [-0.1, -0.05) is 13.0 Å². The second-order valence-corrected chi connectivity index (χ2v) is 7.17. The van der Waals surface area contributed by atoms with Crippen molar-refractivity contribution in [3.63, 3.8) is 0 Å². The summed E-state index contributed by atoms with van der Waals surface area (Å²) in [6.07, 6.45) is -1.76.